The van der Waals surface area contributed by atoms with E-state index in [0.29, 0.717) is 18.4 Å². The minimum atomic E-state index is -0.0483. The van der Waals surface area contributed by atoms with Crippen LogP contribution in [0.3, 0.4) is 0 Å². The highest BCUT2D eigenvalue weighted by molar-refractivity contribution is 5.45. The lowest BCUT2D eigenvalue weighted by Crippen LogP contribution is -2.50. The number of anilines is 2. The Balaban J connectivity index is 1.62. The van der Waals surface area contributed by atoms with Gasteiger partial charge in [-0.15, -0.1) is 0 Å². The molecule has 1 saturated heterocycles. The van der Waals surface area contributed by atoms with Gasteiger partial charge in [-0.05, 0) is 12.1 Å². The van der Waals surface area contributed by atoms with Crippen LogP contribution in [0.1, 0.15) is 0 Å². The van der Waals surface area contributed by atoms with Crippen LogP contribution in [-0.2, 0) is 6.54 Å². The molecule has 7 heteroatoms. The van der Waals surface area contributed by atoms with Crippen LogP contribution in [0.25, 0.3) is 0 Å². The van der Waals surface area contributed by atoms with Gasteiger partial charge in [0, 0.05) is 51.6 Å². The molecule has 0 aliphatic carbocycles. The van der Waals surface area contributed by atoms with E-state index >= 15 is 0 Å². The topological polar surface area (TPSA) is 67.2 Å². The molecular formula is C14H18N6O. The summed E-state index contributed by atoms with van der Waals surface area (Å²) in [6.07, 6.45) is 3.42. The molecule has 3 heterocycles. The van der Waals surface area contributed by atoms with Gasteiger partial charge in [-0.2, -0.15) is 10.1 Å². The SMILES string of the molecule is CN(C)c1nccc(N2CC(Cn3ncccc3=O)C2)n1. The fourth-order valence-electron chi connectivity index (χ4n) is 2.37. The van der Waals surface area contributed by atoms with Crippen LogP contribution in [0.15, 0.2) is 35.4 Å². The summed E-state index contributed by atoms with van der Waals surface area (Å²) in [6, 6.07) is 5.11. The van der Waals surface area contributed by atoms with Crippen molar-refractivity contribution in [1.29, 1.82) is 0 Å². The molecule has 0 amide bonds. The summed E-state index contributed by atoms with van der Waals surface area (Å²) >= 11 is 0. The van der Waals surface area contributed by atoms with Gasteiger partial charge in [-0.1, -0.05) is 0 Å². The van der Waals surface area contributed by atoms with Crippen LogP contribution < -0.4 is 15.4 Å². The average Bonchev–Trinajstić information content (AvgIpc) is 2.44. The minimum Gasteiger partial charge on any atom is -0.356 e. The van der Waals surface area contributed by atoms with E-state index in [9.17, 15) is 4.79 Å². The first-order valence-electron chi connectivity index (χ1n) is 6.91. The van der Waals surface area contributed by atoms with Crippen LogP contribution in [0.2, 0.25) is 0 Å². The fraction of sp³-hybridized carbons (Fsp3) is 0.429. The number of rotatable bonds is 4. The highest BCUT2D eigenvalue weighted by Gasteiger charge is 2.28. The molecule has 0 saturated carbocycles. The lowest BCUT2D eigenvalue weighted by atomic mass is 10.0. The largest absolute Gasteiger partial charge is 0.356 e. The third kappa shape index (κ3) is 2.86. The molecule has 7 nitrogen and oxygen atoms in total. The Bertz CT molecular complexity index is 677. The molecule has 2 aromatic heterocycles. The first-order valence-corrected chi connectivity index (χ1v) is 6.91. The standard InChI is InChI=1S/C14H18N6O/c1-18(2)14-15-7-5-12(17-14)19-8-11(9-19)10-20-13(21)4-3-6-16-20/h3-7,11H,8-10H2,1-2H3. The van der Waals surface area contributed by atoms with Crippen molar-refractivity contribution in [1.82, 2.24) is 19.7 Å². The summed E-state index contributed by atoms with van der Waals surface area (Å²) in [5.74, 6) is 2.06. The first-order chi connectivity index (χ1) is 10.1. The van der Waals surface area contributed by atoms with Gasteiger partial charge in [0.25, 0.3) is 5.56 Å². The smallest absolute Gasteiger partial charge is 0.266 e. The van der Waals surface area contributed by atoms with Crippen molar-refractivity contribution >= 4 is 11.8 Å². The second kappa shape index (κ2) is 5.51. The molecule has 21 heavy (non-hydrogen) atoms. The molecule has 0 unspecified atom stereocenters. The Kier molecular flexibility index (Phi) is 3.55. The summed E-state index contributed by atoms with van der Waals surface area (Å²) in [6.45, 7) is 2.42. The predicted molar refractivity (Wildman–Crippen MR) is 80.6 cm³/mol. The van der Waals surface area contributed by atoms with Gasteiger partial charge in [0.05, 0.1) is 6.54 Å². The van der Waals surface area contributed by atoms with E-state index in [2.05, 4.69) is 20.0 Å². The zero-order valence-corrected chi connectivity index (χ0v) is 12.2. The Hall–Kier alpha value is -2.44. The number of nitrogens with zero attached hydrogens (tertiary/aromatic N) is 6. The van der Waals surface area contributed by atoms with Gasteiger partial charge in [-0.25, -0.2) is 9.67 Å². The molecule has 1 aliphatic rings. The van der Waals surface area contributed by atoms with Gasteiger partial charge in [-0.3, -0.25) is 4.79 Å². The van der Waals surface area contributed by atoms with Crippen LogP contribution in [0.4, 0.5) is 11.8 Å². The maximum atomic E-state index is 11.6. The third-order valence-electron chi connectivity index (χ3n) is 3.53. The molecule has 0 bridgehead atoms. The lowest BCUT2D eigenvalue weighted by Gasteiger charge is -2.40. The molecule has 0 atom stereocenters. The average molecular weight is 286 g/mol. The molecule has 0 aromatic carbocycles. The summed E-state index contributed by atoms with van der Waals surface area (Å²) in [5, 5.41) is 4.09. The Labute approximate surface area is 122 Å². The van der Waals surface area contributed by atoms with Crippen molar-refractivity contribution < 1.29 is 0 Å². The van der Waals surface area contributed by atoms with Gasteiger partial charge in [0.15, 0.2) is 0 Å². The second-order valence-electron chi connectivity index (χ2n) is 5.42. The van der Waals surface area contributed by atoms with E-state index in [1.54, 1.807) is 18.5 Å². The third-order valence-corrected chi connectivity index (χ3v) is 3.53. The molecule has 2 aromatic rings. The molecule has 0 radical (unpaired) electrons. The summed E-state index contributed by atoms with van der Waals surface area (Å²) < 4.78 is 1.52. The Morgan fingerprint density at radius 3 is 2.81 bits per heavy atom. The van der Waals surface area contributed by atoms with Crippen molar-refractivity contribution in [3.63, 3.8) is 0 Å². The van der Waals surface area contributed by atoms with Gasteiger partial charge in [0.1, 0.15) is 5.82 Å². The number of hydrogen-bond acceptors (Lipinski definition) is 6. The molecule has 1 aliphatic heterocycles. The van der Waals surface area contributed by atoms with Crippen molar-refractivity contribution in [2.45, 2.75) is 6.54 Å². The van der Waals surface area contributed by atoms with Gasteiger partial charge in [0.2, 0.25) is 5.95 Å². The van der Waals surface area contributed by atoms with Crippen LogP contribution >= 0.6 is 0 Å². The minimum absolute atomic E-state index is 0.0483. The maximum Gasteiger partial charge on any atom is 0.266 e. The van der Waals surface area contributed by atoms with E-state index in [0.717, 1.165) is 18.9 Å². The zero-order valence-electron chi connectivity index (χ0n) is 12.2. The Morgan fingerprint density at radius 2 is 2.10 bits per heavy atom. The fourth-order valence-corrected chi connectivity index (χ4v) is 2.37. The molecule has 0 spiro atoms. The molecule has 0 N–H and O–H groups in total. The van der Waals surface area contributed by atoms with Crippen LogP contribution in [0, 0.1) is 5.92 Å². The Morgan fingerprint density at radius 1 is 1.29 bits per heavy atom. The number of aromatic nitrogens is 4. The molecule has 1 fully saturated rings. The van der Waals surface area contributed by atoms with E-state index in [-0.39, 0.29) is 5.56 Å². The summed E-state index contributed by atoms with van der Waals surface area (Å²) in [4.78, 5) is 24.4. The summed E-state index contributed by atoms with van der Waals surface area (Å²) in [7, 11) is 3.84. The van der Waals surface area contributed by atoms with Crippen LogP contribution in [-0.4, -0.2) is 46.9 Å². The van der Waals surface area contributed by atoms with Gasteiger partial charge < -0.3 is 9.80 Å². The normalized spacial score (nSPS) is 14.9. The van der Waals surface area contributed by atoms with Crippen LogP contribution in [0.5, 0.6) is 0 Å². The molecule has 110 valence electrons. The van der Waals surface area contributed by atoms with E-state index in [1.165, 1.54) is 10.7 Å². The van der Waals surface area contributed by atoms with E-state index < -0.39 is 0 Å². The first kappa shape index (κ1) is 13.5. The van der Waals surface area contributed by atoms with E-state index in [4.69, 9.17) is 0 Å². The summed E-state index contributed by atoms with van der Waals surface area (Å²) in [5.41, 5.74) is -0.0483. The monoisotopic (exact) mass is 286 g/mol. The van der Waals surface area contributed by atoms with Crippen molar-refractivity contribution in [2.24, 2.45) is 5.92 Å². The molecule has 3 rings (SSSR count). The van der Waals surface area contributed by atoms with Crippen molar-refractivity contribution in [3.05, 3.63) is 40.9 Å². The number of hydrogen-bond donors (Lipinski definition) is 0. The quantitative estimate of drug-likeness (QED) is 0.802. The van der Waals surface area contributed by atoms with Crippen molar-refractivity contribution in [3.8, 4) is 0 Å². The lowest BCUT2D eigenvalue weighted by molar-refractivity contribution is 0.333. The highest BCUT2D eigenvalue weighted by atomic mass is 16.1. The second-order valence-corrected chi connectivity index (χ2v) is 5.42. The predicted octanol–water partition coefficient (Wildman–Crippen LogP) is 0.236. The molecular weight excluding hydrogens is 268 g/mol. The maximum absolute atomic E-state index is 11.6. The van der Waals surface area contributed by atoms with Gasteiger partial charge >= 0.3 is 0 Å². The zero-order chi connectivity index (χ0) is 14.8. The highest BCUT2D eigenvalue weighted by Crippen LogP contribution is 2.24. The van der Waals surface area contributed by atoms with Crippen molar-refractivity contribution in [2.75, 3.05) is 37.0 Å². The van der Waals surface area contributed by atoms with E-state index in [1.807, 2.05) is 25.1 Å².